The number of benzene rings is 1. The minimum atomic E-state index is -0.294. The van der Waals surface area contributed by atoms with E-state index in [1.165, 1.54) is 22.5 Å². The number of phenolic OH excluding ortho intramolecular Hbond substituents is 1. The number of anilines is 1. The predicted octanol–water partition coefficient (Wildman–Crippen LogP) is 6.41. The Morgan fingerprint density at radius 3 is 2.86 bits per heavy atom. The lowest BCUT2D eigenvalue weighted by molar-refractivity contribution is -0.127. The molecule has 0 spiro atoms. The van der Waals surface area contributed by atoms with Crippen LogP contribution >= 0.6 is 11.3 Å². The monoisotopic (exact) mass is 498 g/mol. The second kappa shape index (κ2) is 10.7. The van der Waals surface area contributed by atoms with Gasteiger partial charge < -0.3 is 15.2 Å². The van der Waals surface area contributed by atoms with E-state index in [0.29, 0.717) is 47.3 Å². The van der Waals surface area contributed by atoms with Gasteiger partial charge in [-0.15, -0.1) is 11.3 Å². The molecule has 0 radical (unpaired) electrons. The third-order valence-corrected chi connectivity index (χ3v) is 9.18. The summed E-state index contributed by atoms with van der Waals surface area (Å²) in [5.41, 5.74) is 2.12. The lowest BCUT2D eigenvalue weighted by Gasteiger charge is -2.35. The number of carbonyl (C=O) groups excluding carboxylic acids is 2. The van der Waals surface area contributed by atoms with Gasteiger partial charge in [0, 0.05) is 29.3 Å². The number of aryl methyl sites for hydroxylation is 2. The molecule has 4 rings (SSSR count). The molecule has 6 nitrogen and oxygen atoms in total. The minimum Gasteiger partial charge on any atom is -0.504 e. The van der Waals surface area contributed by atoms with E-state index in [2.05, 4.69) is 24.1 Å². The summed E-state index contributed by atoms with van der Waals surface area (Å²) < 4.78 is 5.36. The highest BCUT2D eigenvalue weighted by Crippen LogP contribution is 2.52. The van der Waals surface area contributed by atoms with E-state index in [0.717, 1.165) is 49.8 Å². The van der Waals surface area contributed by atoms with Crippen molar-refractivity contribution in [2.45, 2.75) is 84.5 Å². The maximum Gasteiger partial charge on any atom is 0.226 e. The normalized spacial score (nSPS) is 26.6. The van der Waals surface area contributed by atoms with Crippen molar-refractivity contribution in [2.75, 3.05) is 12.4 Å². The Labute approximate surface area is 212 Å². The molecule has 0 bridgehead atoms. The van der Waals surface area contributed by atoms with Crippen molar-refractivity contribution in [2.24, 2.45) is 17.3 Å². The average Bonchev–Trinajstić information content (AvgIpc) is 3.32. The number of Topliss-reactive ketones (excluding diaryl/α,β-unsaturated/α-hetero) is 1. The van der Waals surface area contributed by atoms with Gasteiger partial charge in [-0.2, -0.15) is 0 Å². The third kappa shape index (κ3) is 5.55. The first kappa shape index (κ1) is 25.7. The van der Waals surface area contributed by atoms with E-state index >= 15 is 0 Å². The Morgan fingerprint density at radius 2 is 2.14 bits per heavy atom. The molecule has 2 aromatic rings. The minimum absolute atomic E-state index is 0.00180. The van der Waals surface area contributed by atoms with Crippen LogP contribution in [0.4, 0.5) is 5.13 Å². The molecule has 190 valence electrons. The topological polar surface area (TPSA) is 88.5 Å². The number of aromatic nitrogens is 1. The Morgan fingerprint density at radius 1 is 1.34 bits per heavy atom. The number of hydrogen-bond acceptors (Lipinski definition) is 6. The Hall–Kier alpha value is -2.41. The highest BCUT2D eigenvalue weighted by Gasteiger charge is 2.50. The largest absolute Gasteiger partial charge is 0.504 e. The van der Waals surface area contributed by atoms with Crippen molar-refractivity contribution in [3.63, 3.8) is 0 Å². The summed E-state index contributed by atoms with van der Waals surface area (Å²) in [5.74, 6) is 2.08. The Bertz CT molecular complexity index is 1080. The summed E-state index contributed by atoms with van der Waals surface area (Å²) in [4.78, 5) is 31.0. The molecular formula is C28H38N2O4S. The first-order valence-electron chi connectivity index (χ1n) is 12.9. The smallest absolute Gasteiger partial charge is 0.226 e. The molecular weight excluding hydrogens is 460 g/mol. The quantitative estimate of drug-likeness (QED) is 0.481. The molecule has 2 aliphatic rings. The van der Waals surface area contributed by atoms with Gasteiger partial charge in [0.1, 0.15) is 5.78 Å². The van der Waals surface area contributed by atoms with Crippen LogP contribution in [0.1, 0.15) is 87.1 Å². The van der Waals surface area contributed by atoms with Crippen molar-refractivity contribution in [1.82, 2.24) is 4.98 Å². The number of thiazole rings is 1. The molecule has 2 aliphatic carbocycles. The van der Waals surface area contributed by atoms with Crippen LogP contribution in [0.25, 0.3) is 0 Å². The van der Waals surface area contributed by atoms with E-state index in [-0.39, 0.29) is 17.1 Å². The van der Waals surface area contributed by atoms with Crippen LogP contribution in [0.3, 0.4) is 0 Å². The lowest BCUT2D eigenvalue weighted by atomic mass is 9.68. The van der Waals surface area contributed by atoms with Gasteiger partial charge in [0.2, 0.25) is 5.91 Å². The standard InChI is InChI=1S/C28H38N2O4S/c1-17-11-12-28(3)22(9-5-7-19-13-23(31)24(34-4)15-21(17)19)20(14-25(28)32)8-6-10-26(33)30-27-29-16-18(2)35-27/h13,15-17,20,22,31H,5-12,14H2,1-4H3,(H,29,30,33)/t17-,20-,22-,28+/m1/s1. The van der Waals surface area contributed by atoms with Crippen molar-refractivity contribution < 1.29 is 19.4 Å². The first-order valence-corrected chi connectivity index (χ1v) is 13.7. The number of methoxy groups -OCH3 is 1. The number of rotatable bonds is 6. The highest BCUT2D eigenvalue weighted by atomic mass is 32.1. The summed E-state index contributed by atoms with van der Waals surface area (Å²) in [7, 11) is 1.58. The number of amides is 1. The first-order chi connectivity index (χ1) is 16.7. The number of nitrogens with one attached hydrogen (secondary N) is 1. The van der Waals surface area contributed by atoms with Crippen LogP contribution < -0.4 is 10.1 Å². The van der Waals surface area contributed by atoms with Crippen molar-refractivity contribution in [1.29, 1.82) is 0 Å². The number of aromatic hydroxyl groups is 1. The van der Waals surface area contributed by atoms with Crippen LogP contribution in [0.2, 0.25) is 0 Å². The number of ether oxygens (including phenoxy) is 1. The fourth-order valence-corrected chi connectivity index (χ4v) is 6.97. The molecule has 2 N–H and O–H groups in total. The molecule has 0 aliphatic heterocycles. The van der Waals surface area contributed by atoms with Gasteiger partial charge in [0.05, 0.1) is 7.11 Å². The maximum absolute atomic E-state index is 13.3. The molecule has 0 unspecified atom stereocenters. The van der Waals surface area contributed by atoms with E-state index in [9.17, 15) is 14.7 Å². The van der Waals surface area contributed by atoms with Crippen LogP contribution in [-0.2, 0) is 16.0 Å². The Balaban J connectivity index is 1.42. The second-order valence-corrected chi connectivity index (χ2v) is 11.9. The van der Waals surface area contributed by atoms with Gasteiger partial charge in [-0.05, 0) is 92.9 Å². The van der Waals surface area contributed by atoms with Gasteiger partial charge in [-0.3, -0.25) is 9.59 Å². The van der Waals surface area contributed by atoms with Crippen molar-refractivity contribution in [3.05, 3.63) is 34.3 Å². The Kier molecular flexibility index (Phi) is 7.84. The average molecular weight is 499 g/mol. The zero-order chi connectivity index (χ0) is 25.2. The van der Waals surface area contributed by atoms with Gasteiger partial charge in [-0.1, -0.05) is 13.8 Å². The van der Waals surface area contributed by atoms with Crippen molar-refractivity contribution in [3.8, 4) is 11.5 Å². The van der Waals surface area contributed by atoms with E-state index in [4.69, 9.17) is 4.74 Å². The fourth-order valence-electron chi connectivity index (χ4n) is 6.29. The molecule has 4 atom stereocenters. The number of hydrogen-bond donors (Lipinski definition) is 2. The number of carbonyl (C=O) groups is 2. The maximum atomic E-state index is 13.3. The third-order valence-electron chi connectivity index (χ3n) is 8.35. The lowest BCUT2D eigenvalue weighted by Crippen LogP contribution is -2.31. The molecule has 1 amide bonds. The van der Waals surface area contributed by atoms with Gasteiger partial charge >= 0.3 is 0 Å². The van der Waals surface area contributed by atoms with E-state index in [1.54, 1.807) is 13.3 Å². The number of ketones is 1. The fraction of sp³-hybridized carbons (Fsp3) is 0.607. The van der Waals surface area contributed by atoms with Crippen LogP contribution in [-0.4, -0.2) is 28.9 Å². The SMILES string of the molecule is COc1cc2c(cc1O)CCC[C@@H]1[C@H](CCCC(=O)Nc3ncc(C)s3)CC(=O)[C@@]1(C)CC[C@H]2C. The number of fused-ring (bicyclic) bond motifs is 2. The highest BCUT2D eigenvalue weighted by molar-refractivity contribution is 7.15. The molecule has 1 fully saturated rings. The zero-order valence-electron chi connectivity index (χ0n) is 21.4. The van der Waals surface area contributed by atoms with Gasteiger partial charge in [0.25, 0.3) is 0 Å². The van der Waals surface area contributed by atoms with Gasteiger partial charge in [0.15, 0.2) is 16.6 Å². The molecule has 1 saturated carbocycles. The molecule has 0 saturated heterocycles. The molecule has 7 heteroatoms. The zero-order valence-corrected chi connectivity index (χ0v) is 22.2. The summed E-state index contributed by atoms with van der Waals surface area (Å²) in [6.07, 6.45) is 9.22. The second-order valence-electron chi connectivity index (χ2n) is 10.7. The summed E-state index contributed by atoms with van der Waals surface area (Å²) >= 11 is 1.49. The summed E-state index contributed by atoms with van der Waals surface area (Å²) in [5, 5.41) is 13.9. The van der Waals surface area contributed by atoms with Crippen molar-refractivity contribution >= 4 is 28.2 Å². The van der Waals surface area contributed by atoms with Crippen LogP contribution in [0, 0.1) is 24.2 Å². The molecule has 1 heterocycles. The molecule has 1 aromatic heterocycles. The van der Waals surface area contributed by atoms with Crippen LogP contribution in [0.5, 0.6) is 11.5 Å². The number of nitrogens with zero attached hydrogens (tertiary/aromatic N) is 1. The summed E-state index contributed by atoms with van der Waals surface area (Å²) in [6.45, 7) is 6.37. The summed E-state index contributed by atoms with van der Waals surface area (Å²) in [6, 6.07) is 3.85. The van der Waals surface area contributed by atoms with Gasteiger partial charge in [-0.25, -0.2) is 4.98 Å². The molecule has 35 heavy (non-hydrogen) atoms. The molecule has 1 aromatic carbocycles. The predicted molar refractivity (Wildman–Crippen MR) is 139 cm³/mol. The van der Waals surface area contributed by atoms with E-state index < -0.39 is 0 Å². The van der Waals surface area contributed by atoms with Crippen LogP contribution in [0.15, 0.2) is 18.3 Å². The van der Waals surface area contributed by atoms with E-state index in [1.807, 2.05) is 19.1 Å². The number of phenols is 1.